The van der Waals surface area contributed by atoms with Crippen molar-refractivity contribution in [2.24, 2.45) is 5.92 Å². The van der Waals surface area contributed by atoms with Gasteiger partial charge in [-0.2, -0.15) is 5.10 Å². The van der Waals surface area contributed by atoms with E-state index in [1.54, 1.807) is 0 Å². The lowest BCUT2D eigenvalue weighted by Gasteiger charge is -2.39. The van der Waals surface area contributed by atoms with Crippen LogP contribution in [0.3, 0.4) is 0 Å². The third-order valence-electron chi connectivity index (χ3n) is 5.18. The van der Waals surface area contributed by atoms with E-state index in [0.29, 0.717) is 24.0 Å². The maximum atomic E-state index is 4.47. The minimum absolute atomic E-state index is 0.341. The highest BCUT2D eigenvalue weighted by Gasteiger charge is 2.31. The van der Waals surface area contributed by atoms with Crippen LogP contribution in [0.15, 0.2) is 29.9 Å². The molecule has 1 aliphatic heterocycles. The van der Waals surface area contributed by atoms with Gasteiger partial charge in [0.1, 0.15) is 0 Å². The number of thiophene rings is 1. The van der Waals surface area contributed by atoms with Crippen molar-refractivity contribution in [3.05, 3.63) is 40.3 Å². The molecular formula is C19H30N4S. The molecule has 1 saturated heterocycles. The number of rotatable bonds is 6. The number of likely N-dealkylation sites (tertiary alicyclic amines) is 1. The van der Waals surface area contributed by atoms with E-state index >= 15 is 0 Å². The Hall–Kier alpha value is -1.17. The van der Waals surface area contributed by atoms with Crippen molar-refractivity contribution in [3.8, 4) is 0 Å². The first kappa shape index (κ1) is 17.6. The first-order valence-electron chi connectivity index (χ1n) is 9.07. The lowest BCUT2D eigenvalue weighted by molar-refractivity contribution is 0.120. The Bertz CT molecular complexity index is 619. The Morgan fingerprint density at radius 2 is 2.21 bits per heavy atom. The van der Waals surface area contributed by atoms with E-state index in [0.717, 1.165) is 6.54 Å². The molecule has 0 saturated carbocycles. The predicted octanol–water partition coefficient (Wildman–Crippen LogP) is 4.26. The standard InChI is InChI=1S/C19H30N4S/c1-14(2)23-13-17(12-21-23)15(3)20-11-16-7-5-9-22(4)19(16)18-8-6-10-24-18/h6,8,10,12-16,19-20H,5,7,9,11H2,1-4H3/t15-,16+,19-/m0/s1. The van der Waals surface area contributed by atoms with Crippen molar-refractivity contribution < 1.29 is 0 Å². The van der Waals surface area contributed by atoms with Crippen LogP contribution in [0.1, 0.15) is 62.2 Å². The third kappa shape index (κ3) is 3.90. The molecule has 0 bridgehead atoms. The molecule has 4 nitrogen and oxygen atoms in total. The van der Waals surface area contributed by atoms with Crippen LogP contribution >= 0.6 is 11.3 Å². The zero-order valence-electron chi connectivity index (χ0n) is 15.3. The first-order chi connectivity index (χ1) is 11.6. The van der Waals surface area contributed by atoms with Crippen molar-refractivity contribution in [1.82, 2.24) is 20.0 Å². The van der Waals surface area contributed by atoms with Gasteiger partial charge in [-0.15, -0.1) is 11.3 Å². The van der Waals surface area contributed by atoms with Gasteiger partial charge in [-0.25, -0.2) is 0 Å². The zero-order valence-corrected chi connectivity index (χ0v) is 16.1. The number of hydrogen-bond acceptors (Lipinski definition) is 4. The summed E-state index contributed by atoms with van der Waals surface area (Å²) in [7, 11) is 2.27. The van der Waals surface area contributed by atoms with E-state index in [2.05, 4.69) is 66.8 Å². The molecule has 132 valence electrons. The van der Waals surface area contributed by atoms with Crippen LogP contribution in [0.2, 0.25) is 0 Å². The SMILES string of the molecule is CC(C)n1cc([C@H](C)NC[C@H]2CCCN(C)[C@@H]2c2cccs2)cn1. The lowest BCUT2D eigenvalue weighted by Crippen LogP contribution is -2.40. The number of aromatic nitrogens is 2. The van der Waals surface area contributed by atoms with Crippen LogP contribution < -0.4 is 5.32 Å². The highest BCUT2D eigenvalue weighted by atomic mass is 32.1. The molecule has 1 aliphatic rings. The Morgan fingerprint density at radius 1 is 1.38 bits per heavy atom. The molecule has 2 aromatic rings. The fourth-order valence-corrected chi connectivity index (χ4v) is 4.67. The van der Waals surface area contributed by atoms with Crippen LogP contribution in [0.4, 0.5) is 0 Å². The maximum Gasteiger partial charge on any atom is 0.0537 e. The minimum Gasteiger partial charge on any atom is -0.310 e. The number of nitrogens with one attached hydrogen (secondary N) is 1. The van der Waals surface area contributed by atoms with Crippen molar-refractivity contribution in [2.75, 3.05) is 20.1 Å². The number of nitrogens with zero attached hydrogens (tertiary/aromatic N) is 3. The molecular weight excluding hydrogens is 316 g/mol. The summed E-state index contributed by atoms with van der Waals surface area (Å²) in [6.07, 6.45) is 6.77. The van der Waals surface area contributed by atoms with E-state index < -0.39 is 0 Å². The van der Waals surface area contributed by atoms with E-state index in [1.165, 1.54) is 29.8 Å². The first-order valence-corrected chi connectivity index (χ1v) is 9.95. The molecule has 0 aliphatic carbocycles. The molecule has 0 unspecified atom stereocenters. The topological polar surface area (TPSA) is 33.1 Å². The second-order valence-electron chi connectivity index (χ2n) is 7.32. The van der Waals surface area contributed by atoms with Crippen molar-refractivity contribution in [2.45, 2.75) is 51.7 Å². The van der Waals surface area contributed by atoms with Gasteiger partial charge in [0.05, 0.1) is 6.20 Å². The summed E-state index contributed by atoms with van der Waals surface area (Å²) in [5, 5.41) is 10.4. The highest BCUT2D eigenvalue weighted by Crippen LogP contribution is 2.37. The molecule has 2 aromatic heterocycles. The molecule has 0 aromatic carbocycles. The molecule has 5 heteroatoms. The molecule has 24 heavy (non-hydrogen) atoms. The molecule has 1 fully saturated rings. The van der Waals surface area contributed by atoms with Gasteiger partial charge >= 0.3 is 0 Å². The third-order valence-corrected chi connectivity index (χ3v) is 6.12. The average Bonchev–Trinajstić information content (AvgIpc) is 3.24. The summed E-state index contributed by atoms with van der Waals surface area (Å²) in [4.78, 5) is 4.03. The Balaban J connectivity index is 1.63. The van der Waals surface area contributed by atoms with E-state index in [9.17, 15) is 0 Å². The zero-order chi connectivity index (χ0) is 17.1. The monoisotopic (exact) mass is 346 g/mol. The van der Waals surface area contributed by atoms with Crippen LogP contribution in [-0.2, 0) is 0 Å². The molecule has 3 atom stereocenters. The Kier molecular flexibility index (Phi) is 5.74. The minimum atomic E-state index is 0.341. The molecule has 0 amide bonds. The van der Waals surface area contributed by atoms with Crippen LogP contribution in [0.25, 0.3) is 0 Å². The van der Waals surface area contributed by atoms with Gasteiger partial charge in [0.2, 0.25) is 0 Å². The van der Waals surface area contributed by atoms with E-state index in [-0.39, 0.29) is 0 Å². The predicted molar refractivity (Wildman–Crippen MR) is 101 cm³/mol. The highest BCUT2D eigenvalue weighted by molar-refractivity contribution is 7.10. The van der Waals surface area contributed by atoms with Gasteiger partial charge < -0.3 is 5.32 Å². The second-order valence-corrected chi connectivity index (χ2v) is 8.30. The van der Waals surface area contributed by atoms with E-state index in [1.807, 2.05) is 22.2 Å². The second kappa shape index (κ2) is 7.81. The average molecular weight is 347 g/mol. The van der Waals surface area contributed by atoms with Gasteiger partial charge in [0.15, 0.2) is 0 Å². The van der Waals surface area contributed by atoms with Crippen molar-refractivity contribution in [3.63, 3.8) is 0 Å². The molecule has 0 radical (unpaired) electrons. The van der Waals surface area contributed by atoms with Gasteiger partial charge in [0.25, 0.3) is 0 Å². The largest absolute Gasteiger partial charge is 0.310 e. The molecule has 0 spiro atoms. The van der Waals surface area contributed by atoms with Crippen molar-refractivity contribution >= 4 is 11.3 Å². The lowest BCUT2D eigenvalue weighted by atomic mass is 9.88. The van der Waals surface area contributed by atoms with Crippen molar-refractivity contribution in [1.29, 1.82) is 0 Å². The summed E-state index contributed by atoms with van der Waals surface area (Å²) in [6.45, 7) is 8.84. The summed E-state index contributed by atoms with van der Waals surface area (Å²) in [6, 6.07) is 5.78. The normalized spacial score (nSPS) is 23.7. The van der Waals surface area contributed by atoms with Crippen LogP contribution in [0.5, 0.6) is 0 Å². The summed E-state index contributed by atoms with van der Waals surface area (Å²) >= 11 is 1.89. The van der Waals surface area contributed by atoms with Gasteiger partial charge in [-0.1, -0.05) is 6.07 Å². The van der Waals surface area contributed by atoms with Gasteiger partial charge in [-0.3, -0.25) is 9.58 Å². The fourth-order valence-electron chi connectivity index (χ4n) is 3.69. The summed E-state index contributed by atoms with van der Waals surface area (Å²) in [5.74, 6) is 0.671. The van der Waals surface area contributed by atoms with Gasteiger partial charge in [0, 0.05) is 41.3 Å². The Morgan fingerprint density at radius 3 is 2.88 bits per heavy atom. The Labute approximate surface area is 149 Å². The van der Waals surface area contributed by atoms with Gasteiger partial charge in [-0.05, 0) is 64.6 Å². The fraction of sp³-hybridized carbons (Fsp3) is 0.632. The maximum absolute atomic E-state index is 4.47. The smallest absolute Gasteiger partial charge is 0.0537 e. The number of hydrogen-bond donors (Lipinski definition) is 1. The van der Waals surface area contributed by atoms with Crippen LogP contribution in [0, 0.1) is 5.92 Å². The molecule has 3 heterocycles. The number of piperidine rings is 1. The molecule has 1 N–H and O–H groups in total. The quantitative estimate of drug-likeness (QED) is 0.848. The van der Waals surface area contributed by atoms with E-state index in [4.69, 9.17) is 0 Å². The summed E-state index contributed by atoms with van der Waals surface area (Å²) < 4.78 is 2.04. The molecule has 3 rings (SSSR count). The van der Waals surface area contributed by atoms with Crippen LogP contribution in [-0.4, -0.2) is 34.8 Å². The summed E-state index contributed by atoms with van der Waals surface area (Å²) in [5.41, 5.74) is 1.28.